The van der Waals surface area contributed by atoms with E-state index in [0.717, 1.165) is 22.4 Å². The van der Waals surface area contributed by atoms with Gasteiger partial charge in [0.15, 0.2) is 0 Å². The summed E-state index contributed by atoms with van der Waals surface area (Å²) >= 11 is 1.54. The second-order valence-electron chi connectivity index (χ2n) is 4.94. The largest absolute Gasteiger partial charge is 0.360 e. The Bertz CT molecular complexity index is 498. The number of rotatable bonds is 3. The summed E-state index contributed by atoms with van der Waals surface area (Å²) in [5.41, 5.74) is 0.889. The maximum absolute atomic E-state index is 5.12. The van der Waals surface area contributed by atoms with Gasteiger partial charge < -0.3 is 4.52 Å². The van der Waals surface area contributed by atoms with Crippen molar-refractivity contribution in [3.63, 3.8) is 0 Å². The van der Waals surface area contributed by atoms with Crippen LogP contribution in [0.2, 0.25) is 0 Å². The van der Waals surface area contributed by atoms with Gasteiger partial charge in [-0.25, -0.2) is 4.98 Å². The predicted octanol–water partition coefficient (Wildman–Crippen LogP) is 2.69. The summed E-state index contributed by atoms with van der Waals surface area (Å²) in [6.07, 6.45) is 0. The fourth-order valence-electron chi connectivity index (χ4n) is 1.27. The summed E-state index contributed by atoms with van der Waals surface area (Å²) in [7, 11) is 0. The van der Waals surface area contributed by atoms with Gasteiger partial charge in [0.05, 0.1) is 11.4 Å². The van der Waals surface area contributed by atoms with E-state index in [4.69, 9.17) is 4.52 Å². The molecule has 0 radical (unpaired) electrons. The fraction of sp³-hybridized carbons (Fsp3) is 0.545. The van der Waals surface area contributed by atoms with Crippen LogP contribution in [0.3, 0.4) is 0 Å². The third kappa shape index (κ3) is 3.09. The van der Waals surface area contributed by atoms with Gasteiger partial charge in [0.1, 0.15) is 11.6 Å². The van der Waals surface area contributed by atoms with Gasteiger partial charge in [-0.2, -0.15) is 0 Å². The van der Waals surface area contributed by atoms with Crippen molar-refractivity contribution in [2.75, 3.05) is 0 Å². The molecule has 0 spiro atoms. The maximum Gasteiger partial charge on any atom is 0.208 e. The Kier molecular flexibility index (Phi) is 3.24. The predicted molar refractivity (Wildman–Crippen MR) is 65.9 cm³/mol. The molecule has 2 heterocycles. The summed E-state index contributed by atoms with van der Waals surface area (Å²) in [6.45, 7) is 8.20. The van der Waals surface area contributed by atoms with Crippen molar-refractivity contribution in [1.29, 1.82) is 0 Å². The van der Waals surface area contributed by atoms with Crippen LogP contribution in [-0.4, -0.2) is 20.3 Å². The van der Waals surface area contributed by atoms with Crippen LogP contribution in [0.15, 0.2) is 15.7 Å². The van der Waals surface area contributed by atoms with Crippen LogP contribution < -0.4 is 0 Å². The molecule has 2 aromatic heterocycles. The number of aromatic amines is 1. The molecule has 0 unspecified atom stereocenters. The third-order valence-corrected chi connectivity index (χ3v) is 3.07. The second-order valence-corrected chi connectivity index (χ2v) is 5.88. The highest BCUT2D eigenvalue weighted by molar-refractivity contribution is 7.98. The van der Waals surface area contributed by atoms with Crippen LogP contribution in [0.1, 0.15) is 38.0 Å². The number of nitrogens with one attached hydrogen (secondary N) is 1. The standard InChI is InChI=1S/C11H16N4OS/c1-7-5-8(16-15-7)6-17-10-12-9(13-14-10)11(2,3)4/h5H,6H2,1-4H3,(H,12,13,14). The van der Waals surface area contributed by atoms with E-state index in [-0.39, 0.29) is 5.41 Å². The molecule has 2 rings (SSSR count). The summed E-state index contributed by atoms with van der Waals surface area (Å²) in [6, 6.07) is 1.92. The molecular formula is C11H16N4OS. The van der Waals surface area contributed by atoms with Crippen LogP contribution in [0.4, 0.5) is 0 Å². The first kappa shape index (κ1) is 12.2. The molecule has 0 amide bonds. The first-order valence-corrected chi connectivity index (χ1v) is 6.41. The SMILES string of the molecule is Cc1cc(CSc2n[nH]c(C(C)(C)C)n2)on1. The number of aromatic nitrogens is 4. The average molecular weight is 252 g/mol. The van der Waals surface area contributed by atoms with E-state index in [9.17, 15) is 0 Å². The molecule has 0 saturated carbocycles. The highest BCUT2D eigenvalue weighted by Gasteiger charge is 2.18. The molecule has 0 fully saturated rings. The van der Waals surface area contributed by atoms with Crippen LogP contribution >= 0.6 is 11.8 Å². The van der Waals surface area contributed by atoms with E-state index in [1.165, 1.54) is 11.8 Å². The molecule has 1 N–H and O–H groups in total. The first-order valence-electron chi connectivity index (χ1n) is 5.43. The van der Waals surface area contributed by atoms with E-state index in [1.807, 2.05) is 13.0 Å². The molecule has 2 aromatic rings. The minimum atomic E-state index is -0.00532. The number of nitrogens with zero attached hydrogens (tertiary/aromatic N) is 3. The molecule has 0 aliphatic carbocycles. The Morgan fingerprint density at radius 3 is 2.71 bits per heavy atom. The molecule has 6 heteroatoms. The van der Waals surface area contributed by atoms with Crippen LogP contribution in [0, 0.1) is 6.92 Å². The molecule has 5 nitrogen and oxygen atoms in total. The Morgan fingerprint density at radius 1 is 1.41 bits per heavy atom. The number of aryl methyl sites for hydroxylation is 1. The highest BCUT2D eigenvalue weighted by atomic mass is 32.2. The minimum absolute atomic E-state index is 0.00532. The summed E-state index contributed by atoms with van der Waals surface area (Å²) < 4.78 is 5.12. The summed E-state index contributed by atoms with van der Waals surface area (Å²) in [5, 5.41) is 11.7. The number of thioether (sulfide) groups is 1. The Hall–Kier alpha value is -1.30. The topological polar surface area (TPSA) is 67.6 Å². The summed E-state index contributed by atoms with van der Waals surface area (Å²) in [5.74, 6) is 2.44. The van der Waals surface area contributed by atoms with Crippen LogP contribution in [-0.2, 0) is 11.2 Å². The van der Waals surface area contributed by atoms with Crippen LogP contribution in [0.25, 0.3) is 0 Å². The molecule has 0 atom stereocenters. The van der Waals surface area contributed by atoms with Crippen molar-refractivity contribution in [3.05, 3.63) is 23.3 Å². The average Bonchev–Trinajstić information content (AvgIpc) is 2.82. The van der Waals surface area contributed by atoms with Gasteiger partial charge in [-0.15, -0.1) is 5.10 Å². The van der Waals surface area contributed by atoms with Gasteiger partial charge in [-0.05, 0) is 6.92 Å². The third-order valence-electron chi connectivity index (χ3n) is 2.20. The Labute approximate surface area is 104 Å². The van der Waals surface area contributed by atoms with Crippen molar-refractivity contribution in [1.82, 2.24) is 20.3 Å². The van der Waals surface area contributed by atoms with Crippen LogP contribution in [0.5, 0.6) is 0 Å². The van der Waals surface area contributed by atoms with Gasteiger partial charge in [-0.3, -0.25) is 5.10 Å². The number of hydrogen-bond donors (Lipinski definition) is 1. The van der Waals surface area contributed by atoms with E-state index in [1.54, 1.807) is 0 Å². The van der Waals surface area contributed by atoms with Crippen molar-refractivity contribution in [3.8, 4) is 0 Å². The second kappa shape index (κ2) is 4.52. The molecule has 0 saturated heterocycles. The lowest BCUT2D eigenvalue weighted by Crippen LogP contribution is -2.13. The molecule has 17 heavy (non-hydrogen) atoms. The Morgan fingerprint density at radius 2 is 2.18 bits per heavy atom. The maximum atomic E-state index is 5.12. The Balaban J connectivity index is 1.98. The van der Waals surface area contributed by atoms with E-state index in [2.05, 4.69) is 41.1 Å². The zero-order chi connectivity index (χ0) is 12.5. The number of H-pyrrole nitrogens is 1. The van der Waals surface area contributed by atoms with Crippen molar-refractivity contribution in [2.45, 2.75) is 44.0 Å². The molecule has 0 aliphatic heterocycles. The zero-order valence-electron chi connectivity index (χ0n) is 10.4. The first-order chi connectivity index (χ1) is 7.95. The molecule has 92 valence electrons. The van der Waals surface area contributed by atoms with Gasteiger partial charge in [-0.1, -0.05) is 37.7 Å². The van der Waals surface area contributed by atoms with Crippen molar-refractivity contribution in [2.24, 2.45) is 0 Å². The monoisotopic (exact) mass is 252 g/mol. The van der Waals surface area contributed by atoms with Gasteiger partial charge >= 0.3 is 0 Å². The van der Waals surface area contributed by atoms with Crippen molar-refractivity contribution >= 4 is 11.8 Å². The lowest BCUT2D eigenvalue weighted by molar-refractivity contribution is 0.391. The number of hydrogen-bond acceptors (Lipinski definition) is 5. The molecule has 0 aliphatic rings. The van der Waals surface area contributed by atoms with E-state index >= 15 is 0 Å². The highest BCUT2D eigenvalue weighted by Crippen LogP contribution is 2.23. The zero-order valence-corrected chi connectivity index (χ0v) is 11.3. The fourth-order valence-corrected chi connectivity index (χ4v) is 1.94. The summed E-state index contributed by atoms with van der Waals surface area (Å²) in [4.78, 5) is 4.44. The minimum Gasteiger partial charge on any atom is -0.360 e. The van der Waals surface area contributed by atoms with Crippen molar-refractivity contribution < 1.29 is 4.52 Å². The lowest BCUT2D eigenvalue weighted by atomic mass is 9.96. The normalized spacial score (nSPS) is 12.0. The van der Waals surface area contributed by atoms with Gasteiger partial charge in [0.25, 0.3) is 0 Å². The molecule has 0 aromatic carbocycles. The quantitative estimate of drug-likeness (QED) is 0.851. The lowest BCUT2D eigenvalue weighted by Gasteiger charge is -2.12. The molecular weight excluding hydrogens is 236 g/mol. The van der Waals surface area contributed by atoms with E-state index in [0.29, 0.717) is 5.75 Å². The molecule has 0 bridgehead atoms. The van der Waals surface area contributed by atoms with Gasteiger partial charge in [0, 0.05) is 11.5 Å². The van der Waals surface area contributed by atoms with Gasteiger partial charge in [0.2, 0.25) is 5.16 Å². The van der Waals surface area contributed by atoms with E-state index < -0.39 is 0 Å². The smallest absolute Gasteiger partial charge is 0.208 e.